The molecule has 0 amide bonds. The van der Waals surface area contributed by atoms with Gasteiger partial charge in [0.05, 0.1) is 0 Å². The topological polar surface area (TPSA) is 23.1 Å². The van der Waals surface area contributed by atoms with E-state index in [1.165, 1.54) is 5.56 Å². The number of hydrogen-bond acceptors (Lipinski definition) is 1. The lowest BCUT2D eigenvalue weighted by Gasteiger charge is -2.04. The zero-order valence-electron chi connectivity index (χ0n) is 6.13. The highest BCUT2D eigenvalue weighted by Gasteiger charge is 1.87. The Morgan fingerprint density at radius 1 is 1.30 bits per heavy atom. The molecule has 0 aromatic heterocycles. The van der Waals surface area contributed by atoms with Gasteiger partial charge in [-0.15, -0.1) is 6.61 Å². The van der Waals surface area contributed by atoms with Crippen molar-refractivity contribution >= 4 is 0 Å². The predicted octanol–water partition coefficient (Wildman–Crippen LogP) is 1.11. The molecule has 0 aliphatic heterocycles. The minimum atomic E-state index is -0.103. The molecule has 0 unspecified atom stereocenters. The van der Waals surface area contributed by atoms with Crippen LogP contribution in [0, 0.1) is 0 Å². The molecule has 0 saturated heterocycles. The second-order valence-electron chi connectivity index (χ2n) is 2.32. The van der Waals surface area contributed by atoms with Gasteiger partial charge in [-0.2, -0.15) is 0 Å². The van der Waals surface area contributed by atoms with Crippen LogP contribution in [0.4, 0.5) is 0 Å². The molecule has 0 fully saturated rings. The normalized spacial score (nSPS) is 9.80. The highest BCUT2D eigenvalue weighted by molar-refractivity contribution is 5.22. The van der Waals surface area contributed by atoms with Crippen molar-refractivity contribution in [2.75, 3.05) is 0 Å². The summed E-state index contributed by atoms with van der Waals surface area (Å²) < 4.78 is 0. The fourth-order valence-corrected chi connectivity index (χ4v) is 0.939. The summed E-state index contributed by atoms with van der Waals surface area (Å²) in [5.41, 5.74) is 2.13. The van der Waals surface area contributed by atoms with Crippen LogP contribution < -0.4 is 5.11 Å². The zero-order chi connectivity index (χ0) is 7.40. The van der Waals surface area contributed by atoms with Gasteiger partial charge < -0.3 is 5.11 Å². The molecule has 0 aliphatic carbocycles. The summed E-state index contributed by atoms with van der Waals surface area (Å²) in [7, 11) is 0. The molecule has 1 rings (SSSR count). The molecule has 0 bridgehead atoms. The highest BCUT2D eigenvalue weighted by Crippen LogP contribution is 2.04. The lowest BCUT2D eigenvalue weighted by Crippen LogP contribution is -2.02. The second kappa shape index (κ2) is 3.37. The van der Waals surface area contributed by atoms with Gasteiger partial charge in [0.25, 0.3) is 0 Å². The molecule has 1 aromatic rings. The minimum absolute atomic E-state index is 0.103. The third kappa shape index (κ3) is 1.58. The van der Waals surface area contributed by atoms with E-state index in [1.807, 2.05) is 24.3 Å². The Kier molecular flexibility index (Phi) is 2.46. The second-order valence-corrected chi connectivity index (χ2v) is 2.32. The van der Waals surface area contributed by atoms with E-state index in [-0.39, 0.29) is 6.61 Å². The van der Waals surface area contributed by atoms with Crippen molar-refractivity contribution in [2.45, 2.75) is 20.0 Å². The Morgan fingerprint density at radius 3 is 2.60 bits per heavy atom. The van der Waals surface area contributed by atoms with E-state index in [4.69, 9.17) is 0 Å². The van der Waals surface area contributed by atoms with Crippen LogP contribution in [0.1, 0.15) is 18.1 Å². The molecule has 54 valence electrons. The first-order valence-electron chi connectivity index (χ1n) is 3.52. The third-order valence-electron chi connectivity index (χ3n) is 1.57. The summed E-state index contributed by atoms with van der Waals surface area (Å²) in [5, 5.41) is 10.4. The van der Waals surface area contributed by atoms with Crippen molar-refractivity contribution in [3.05, 3.63) is 35.4 Å². The fourth-order valence-electron chi connectivity index (χ4n) is 0.939. The molecular weight excluding hydrogens is 124 g/mol. The lowest BCUT2D eigenvalue weighted by molar-refractivity contribution is -0.386. The van der Waals surface area contributed by atoms with Crippen LogP contribution in [0.3, 0.4) is 0 Å². The fraction of sp³-hybridized carbons (Fsp3) is 0.333. The molecule has 1 nitrogen and oxygen atoms in total. The van der Waals surface area contributed by atoms with Crippen LogP contribution in [0.15, 0.2) is 24.3 Å². The smallest absolute Gasteiger partial charge is 0.0307 e. The van der Waals surface area contributed by atoms with Gasteiger partial charge in [0.1, 0.15) is 0 Å². The third-order valence-corrected chi connectivity index (χ3v) is 1.57. The van der Waals surface area contributed by atoms with Gasteiger partial charge in [0.15, 0.2) is 0 Å². The molecule has 10 heavy (non-hydrogen) atoms. The molecule has 0 spiro atoms. The minimum Gasteiger partial charge on any atom is -0.851 e. The highest BCUT2D eigenvalue weighted by atomic mass is 16.3. The largest absolute Gasteiger partial charge is 0.851 e. The van der Waals surface area contributed by atoms with Gasteiger partial charge in [-0.1, -0.05) is 36.8 Å². The molecular formula is C9H11O-. The molecule has 0 heterocycles. The van der Waals surface area contributed by atoms with Crippen LogP contribution >= 0.6 is 0 Å². The Labute approximate surface area is 61.3 Å². The molecule has 0 N–H and O–H groups in total. The first kappa shape index (κ1) is 7.29. The van der Waals surface area contributed by atoms with E-state index >= 15 is 0 Å². The van der Waals surface area contributed by atoms with Crippen molar-refractivity contribution in [3.8, 4) is 0 Å². The Hall–Kier alpha value is -0.820. The maximum atomic E-state index is 10.4. The van der Waals surface area contributed by atoms with Gasteiger partial charge in [-0.25, -0.2) is 0 Å². The summed E-state index contributed by atoms with van der Waals surface area (Å²) in [6.07, 6.45) is 1.01. The van der Waals surface area contributed by atoms with E-state index in [9.17, 15) is 5.11 Å². The first-order valence-corrected chi connectivity index (χ1v) is 3.52. The van der Waals surface area contributed by atoms with Crippen LogP contribution in [0.2, 0.25) is 0 Å². The molecule has 1 aromatic carbocycles. The number of hydrogen-bond donors (Lipinski definition) is 0. The van der Waals surface area contributed by atoms with E-state index in [0.717, 1.165) is 12.0 Å². The van der Waals surface area contributed by atoms with Gasteiger partial charge in [0, 0.05) is 0 Å². The number of aryl methyl sites for hydroxylation is 1. The summed E-state index contributed by atoms with van der Waals surface area (Å²) in [4.78, 5) is 0. The maximum Gasteiger partial charge on any atom is -0.0307 e. The zero-order valence-corrected chi connectivity index (χ0v) is 6.13. The van der Waals surface area contributed by atoms with Gasteiger partial charge >= 0.3 is 0 Å². The van der Waals surface area contributed by atoms with E-state index in [0.29, 0.717) is 0 Å². The van der Waals surface area contributed by atoms with Gasteiger partial charge in [0.2, 0.25) is 0 Å². The van der Waals surface area contributed by atoms with Crippen molar-refractivity contribution in [2.24, 2.45) is 0 Å². The number of benzene rings is 1. The van der Waals surface area contributed by atoms with E-state index in [2.05, 4.69) is 6.92 Å². The average Bonchev–Trinajstić information content (AvgIpc) is 2.05. The Balaban J connectivity index is 2.87. The Morgan fingerprint density at radius 2 is 2.00 bits per heavy atom. The lowest BCUT2D eigenvalue weighted by atomic mass is 10.1. The molecule has 1 heteroatoms. The van der Waals surface area contributed by atoms with Gasteiger partial charge in [-0.05, 0) is 12.0 Å². The number of rotatable bonds is 2. The Bertz CT molecular complexity index is 186. The molecule has 0 aliphatic rings. The average molecular weight is 135 g/mol. The maximum absolute atomic E-state index is 10.4. The van der Waals surface area contributed by atoms with E-state index in [1.54, 1.807) is 0 Å². The SMILES string of the molecule is CCc1cccc(C[O-])c1. The summed E-state index contributed by atoms with van der Waals surface area (Å²) >= 11 is 0. The van der Waals surface area contributed by atoms with Crippen LogP contribution in [0.5, 0.6) is 0 Å². The van der Waals surface area contributed by atoms with Crippen molar-refractivity contribution in [1.82, 2.24) is 0 Å². The van der Waals surface area contributed by atoms with Crippen LogP contribution in [-0.4, -0.2) is 0 Å². The summed E-state index contributed by atoms with van der Waals surface area (Å²) in [6, 6.07) is 7.81. The molecule has 0 radical (unpaired) electrons. The van der Waals surface area contributed by atoms with E-state index < -0.39 is 0 Å². The van der Waals surface area contributed by atoms with Crippen LogP contribution in [-0.2, 0) is 13.0 Å². The molecule has 0 atom stereocenters. The summed E-state index contributed by atoms with van der Waals surface area (Å²) in [5.74, 6) is 0. The predicted molar refractivity (Wildman–Crippen MR) is 39.5 cm³/mol. The quantitative estimate of drug-likeness (QED) is 0.595. The van der Waals surface area contributed by atoms with Crippen molar-refractivity contribution < 1.29 is 5.11 Å². The molecule has 0 saturated carbocycles. The standard InChI is InChI=1S/C9H11O/c1-2-8-4-3-5-9(6-8)7-10/h3-6H,2,7H2,1H3/q-1. The van der Waals surface area contributed by atoms with Crippen molar-refractivity contribution in [1.29, 1.82) is 0 Å². The summed E-state index contributed by atoms with van der Waals surface area (Å²) in [6.45, 7) is 1.98. The first-order chi connectivity index (χ1) is 4.86. The van der Waals surface area contributed by atoms with Gasteiger partial charge in [-0.3, -0.25) is 0 Å². The van der Waals surface area contributed by atoms with Crippen LogP contribution in [0.25, 0.3) is 0 Å². The monoisotopic (exact) mass is 135 g/mol. The van der Waals surface area contributed by atoms with Crippen molar-refractivity contribution in [3.63, 3.8) is 0 Å².